The first-order chi connectivity index (χ1) is 25.0. The van der Waals surface area contributed by atoms with Crippen molar-refractivity contribution in [2.45, 2.75) is 89.4 Å². The quantitative estimate of drug-likeness (QED) is 0.0935. The molecule has 1 saturated carbocycles. The number of hydrogen-bond acceptors (Lipinski definition) is 10. The number of esters is 1. The number of nitrogens with zero attached hydrogens (tertiary/aromatic N) is 5. The van der Waals surface area contributed by atoms with E-state index >= 15 is 13.2 Å². The fraction of sp³-hybridized carbons (Fsp3) is 0.611. The minimum atomic E-state index is -4.92. The van der Waals surface area contributed by atoms with Crippen LogP contribution < -0.4 is 20.7 Å². The molecule has 3 atom stereocenters. The minimum absolute atomic E-state index is 0.0131. The molecule has 3 aromatic rings. The fourth-order valence-electron chi connectivity index (χ4n) is 7.68. The van der Waals surface area contributed by atoms with E-state index in [0.717, 1.165) is 38.2 Å². The Labute approximate surface area is 308 Å². The number of benzene rings is 1. The van der Waals surface area contributed by atoms with Gasteiger partial charge in [-0.3, -0.25) is 4.79 Å². The van der Waals surface area contributed by atoms with Gasteiger partial charge in [0.15, 0.2) is 5.82 Å². The van der Waals surface area contributed by atoms with E-state index in [1.54, 1.807) is 14.0 Å². The van der Waals surface area contributed by atoms with Gasteiger partial charge < -0.3 is 30.3 Å². The van der Waals surface area contributed by atoms with Crippen LogP contribution in [0.4, 0.5) is 38.0 Å². The molecule has 2 bridgehead atoms. The number of carbonyl (C=O) groups is 1. The number of alkyl halides is 5. The Kier molecular flexibility index (Phi) is 11.2. The van der Waals surface area contributed by atoms with E-state index < -0.39 is 53.2 Å². The van der Waals surface area contributed by atoms with Crippen molar-refractivity contribution in [2.75, 3.05) is 57.1 Å². The standard InChI is InChI=1S/C36H44ClF6N7O3/c1-4-52-26(51)9-7-5-6-8-12-49(3)18-34(17-35(34,39)40)19-53-33-47-30-23(32(48-33)50-15-21-10-11-22(16-50)45-21)14-24(37)27(29(30)38)31-28(36(41,42)43)20(2)13-25(44)46-31/h13-14,21-22,45H,4-12,15-19H2,1-3H3,(H2,44,46)/t21?,22?,34-/m1/s1. The maximum Gasteiger partial charge on any atom is 0.418 e. The maximum atomic E-state index is 16.7. The maximum absolute atomic E-state index is 16.7. The molecule has 290 valence electrons. The van der Waals surface area contributed by atoms with E-state index in [1.165, 1.54) is 13.0 Å². The van der Waals surface area contributed by atoms with Crippen LogP contribution in [0.25, 0.3) is 22.2 Å². The summed E-state index contributed by atoms with van der Waals surface area (Å²) in [5.74, 6) is -4.49. The highest BCUT2D eigenvalue weighted by Gasteiger charge is 2.71. The van der Waals surface area contributed by atoms with E-state index in [-0.39, 0.29) is 63.7 Å². The van der Waals surface area contributed by atoms with Gasteiger partial charge in [-0.15, -0.1) is 0 Å². The van der Waals surface area contributed by atoms with Gasteiger partial charge in [-0.1, -0.05) is 24.4 Å². The highest BCUT2D eigenvalue weighted by molar-refractivity contribution is 6.34. The predicted molar refractivity (Wildman–Crippen MR) is 189 cm³/mol. The largest absolute Gasteiger partial charge is 0.466 e. The highest BCUT2D eigenvalue weighted by atomic mass is 35.5. The third-order valence-electron chi connectivity index (χ3n) is 10.4. The summed E-state index contributed by atoms with van der Waals surface area (Å²) >= 11 is 6.57. The zero-order valence-electron chi connectivity index (χ0n) is 29.9. The molecule has 17 heteroatoms. The molecule has 6 rings (SSSR count). The van der Waals surface area contributed by atoms with E-state index in [1.807, 2.05) is 9.80 Å². The second kappa shape index (κ2) is 15.2. The monoisotopic (exact) mass is 771 g/mol. The first-order valence-corrected chi connectivity index (χ1v) is 18.3. The van der Waals surface area contributed by atoms with Crippen LogP contribution in [0.2, 0.25) is 5.02 Å². The third kappa shape index (κ3) is 8.39. The normalized spacial score (nSPS) is 22.1. The topological polar surface area (TPSA) is 119 Å². The number of nitrogen functional groups attached to an aromatic ring is 1. The molecule has 2 aromatic heterocycles. The average molecular weight is 772 g/mol. The van der Waals surface area contributed by atoms with Crippen LogP contribution >= 0.6 is 11.6 Å². The number of nitrogens with two attached hydrogens (primary N) is 1. The summed E-state index contributed by atoms with van der Waals surface area (Å²) in [4.78, 5) is 28.0. The number of aromatic nitrogens is 3. The molecular weight excluding hydrogens is 728 g/mol. The van der Waals surface area contributed by atoms with Crippen LogP contribution in [0.3, 0.4) is 0 Å². The van der Waals surface area contributed by atoms with Gasteiger partial charge in [0.2, 0.25) is 0 Å². The predicted octanol–water partition coefficient (Wildman–Crippen LogP) is 7.18. The summed E-state index contributed by atoms with van der Waals surface area (Å²) < 4.78 is 101. The van der Waals surface area contributed by atoms with E-state index in [2.05, 4.69) is 20.3 Å². The molecule has 3 N–H and O–H groups in total. The molecule has 4 heterocycles. The van der Waals surface area contributed by atoms with Gasteiger partial charge in [-0.25, -0.2) is 18.2 Å². The lowest BCUT2D eigenvalue weighted by molar-refractivity contribution is -0.143. The molecule has 10 nitrogen and oxygen atoms in total. The number of fused-ring (bicyclic) bond motifs is 3. The molecular formula is C36H44ClF6N7O3. The van der Waals surface area contributed by atoms with E-state index in [4.69, 9.17) is 26.8 Å². The zero-order chi connectivity index (χ0) is 38.3. The molecule has 3 fully saturated rings. The molecule has 1 aromatic carbocycles. The number of anilines is 2. The Morgan fingerprint density at radius 2 is 1.79 bits per heavy atom. The van der Waals surface area contributed by atoms with Crippen molar-refractivity contribution in [3.63, 3.8) is 0 Å². The minimum Gasteiger partial charge on any atom is -0.466 e. The number of unbranched alkanes of at least 4 members (excludes halogenated alkanes) is 3. The molecule has 53 heavy (non-hydrogen) atoms. The number of halogens is 7. The summed E-state index contributed by atoms with van der Waals surface area (Å²) in [7, 11) is 1.75. The van der Waals surface area contributed by atoms with Gasteiger partial charge in [-0.05, 0) is 70.8 Å². The highest BCUT2D eigenvalue weighted by Crippen LogP contribution is 2.61. The molecule has 2 saturated heterocycles. The van der Waals surface area contributed by atoms with Crippen LogP contribution in [0.5, 0.6) is 6.01 Å². The Morgan fingerprint density at radius 1 is 1.11 bits per heavy atom. The summed E-state index contributed by atoms with van der Waals surface area (Å²) in [5, 5.41) is 3.28. The number of pyridine rings is 1. The smallest absolute Gasteiger partial charge is 0.418 e. The first kappa shape index (κ1) is 39.1. The Bertz CT molecular complexity index is 1840. The molecule has 2 aliphatic heterocycles. The van der Waals surface area contributed by atoms with Crippen LogP contribution in [-0.2, 0) is 15.7 Å². The van der Waals surface area contributed by atoms with Gasteiger partial charge in [0.05, 0.1) is 33.9 Å². The third-order valence-corrected chi connectivity index (χ3v) is 10.7. The van der Waals surface area contributed by atoms with Crippen LogP contribution in [0.15, 0.2) is 12.1 Å². The van der Waals surface area contributed by atoms with Crippen molar-refractivity contribution in [1.82, 2.24) is 25.2 Å². The van der Waals surface area contributed by atoms with Crippen LogP contribution in [-0.4, -0.2) is 90.3 Å². The Balaban J connectivity index is 1.28. The van der Waals surface area contributed by atoms with Gasteiger partial charge >= 0.3 is 18.2 Å². The van der Waals surface area contributed by atoms with Crippen molar-refractivity contribution < 1.29 is 40.6 Å². The number of ether oxygens (including phenoxy) is 2. The lowest BCUT2D eigenvalue weighted by atomic mass is 9.99. The zero-order valence-corrected chi connectivity index (χ0v) is 30.6. The van der Waals surface area contributed by atoms with E-state index in [9.17, 15) is 18.0 Å². The summed E-state index contributed by atoms with van der Waals surface area (Å²) in [6.07, 6.45) is -0.133. The van der Waals surface area contributed by atoms with Crippen LogP contribution in [0.1, 0.15) is 69.4 Å². The summed E-state index contributed by atoms with van der Waals surface area (Å²) in [6.45, 7) is 4.36. The molecule has 0 spiro atoms. The van der Waals surface area contributed by atoms with Gasteiger partial charge in [0, 0.05) is 49.9 Å². The van der Waals surface area contributed by atoms with Gasteiger partial charge in [0.1, 0.15) is 23.8 Å². The number of nitrogens with one attached hydrogen (secondary N) is 1. The molecule has 1 aliphatic carbocycles. The molecule has 2 unspecified atom stereocenters. The van der Waals surface area contributed by atoms with Crippen molar-refractivity contribution >= 4 is 40.1 Å². The van der Waals surface area contributed by atoms with Crippen molar-refractivity contribution in [1.29, 1.82) is 0 Å². The SMILES string of the molecule is CCOC(=O)CCCCCCN(C)C[C@@]1(COc2nc(N3CC4CCC(C3)N4)c3cc(Cl)c(-c4nc(N)cc(C)c4C(F)(F)F)c(F)c3n2)CC1(F)F. The van der Waals surface area contributed by atoms with Crippen molar-refractivity contribution in [3.05, 3.63) is 34.1 Å². The molecule has 0 amide bonds. The van der Waals surface area contributed by atoms with Crippen molar-refractivity contribution in [2.24, 2.45) is 5.41 Å². The Morgan fingerprint density at radius 3 is 2.43 bits per heavy atom. The number of piperazine rings is 1. The molecule has 3 aliphatic rings. The number of hydrogen-bond donors (Lipinski definition) is 2. The Hall–Kier alpha value is -3.63. The van der Waals surface area contributed by atoms with E-state index in [0.29, 0.717) is 39.1 Å². The lowest BCUT2D eigenvalue weighted by Gasteiger charge is -2.34. The summed E-state index contributed by atoms with van der Waals surface area (Å²) in [6, 6.07) is 2.21. The number of rotatable bonds is 15. The van der Waals surface area contributed by atoms with Crippen molar-refractivity contribution in [3.8, 4) is 17.3 Å². The fourth-order valence-corrected chi connectivity index (χ4v) is 7.96. The number of carbonyl (C=O) groups excluding carboxylic acids is 1. The van der Waals surface area contributed by atoms with Gasteiger partial charge in [0.25, 0.3) is 5.92 Å². The lowest BCUT2D eigenvalue weighted by Crippen LogP contribution is -2.51. The first-order valence-electron chi connectivity index (χ1n) is 17.9. The van der Waals surface area contributed by atoms with Crippen LogP contribution in [0, 0.1) is 18.2 Å². The second-order valence-electron chi connectivity index (χ2n) is 14.6. The van der Waals surface area contributed by atoms with Gasteiger partial charge in [-0.2, -0.15) is 23.1 Å². The second-order valence-corrected chi connectivity index (χ2v) is 15.0. The average Bonchev–Trinajstić information content (AvgIpc) is 3.43. The number of aryl methyl sites for hydroxylation is 1. The molecule has 0 radical (unpaired) electrons. The summed E-state index contributed by atoms with van der Waals surface area (Å²) in [5.41, 5.74) is 0.982.